The van der Waals surface area contributed by atoms with Crippen LogP contribution < -0.4 is 10.2 Å². The van der Waals surface area contributed by atoms with Gasteiger partial charge in [-0.2, -0.15) is 0 Å². The van der Waals surface area contributed by atoms with Crippen LogP contribution in [0.15, 0.2) is 24.3 Å². The summed E-state index contributed by atoms with van der Waals surface area (Å²) < 4.78 is 13.9. The van der Waals surface area contributed by atoms with E-state index in [2.05, 4.69) is 30.6 Å². The van der Waals surface area contributed by atoms with Gasteiger partial charge in [-0.05, 0) is 57.0 Å². The molecule has 1 unspecified atom stereocenters. The first-order valence-electron chi connectivity index (χ1n) is 7.25. The highest BCUT2D eigenvalue weighted by molar-refractivity contribution is 5.57. The molecular formula is C17H27FN2. The molecule has 0 aromatic heterocycles. The van der Waals surface area contributed by atoms with Gasteiger partial charge >= 0.3 is 0 Å². The van der Waals surface area contributed by atoms with Crippen molar-refractivity contribution < 1.29 is 4.39 Å². The lowest BCUT2D eigenvalue weighted by Crippen LogP contribution is -2.25. The Balaban J connectivity index is 3.12. The maximum Gasteiger partial charge on any atom is 0.126 e. The molecule has 0 amide bonds. The molecule has 2 nitrogen and oxygen atoms in total. The van der Waals surface area contributed by atoms with Crippen molar-refractivity contribution in [3.63, 3.8) is 0 Å². The minimum Gasteiger partial charge on any atom is -0.370 e. The molecule has 1 N–H and O–H groups in total. The van der Waals surface area contributed by atoms with E-state index in [1.165, 1.54) is 0 Å². The van der Waals surface area contributed by atoms with Crippen LogP contribution in [0.1, 0.15) is 44.4 Å². The Kier molecular flexibility index (Phi) is 6.21. The minimum absolute atomic E-state index is 0.132. The number of aryl methyl sites for hydroxylation is 1. The molecule has 0 heterocycles. The third-order valence-corrected chi connectivity index (χ3v) is 3.39. The van der Waals surface area contributed by atoms with Gasteiger partial charge in [0.25, 0.3) is 0 Å². The molecule has 0 saturated heterocycles. The predicted molar refractivity (Wildman–Crippen MR) is 85.9 cm³/mol. The zero-order valence-corrected chi connectivity index (χ0v) is 13.4. The molecular weight excluding hydrogens is 251 g/mol. The fraction of sp³-hybridized carbons (Fsp3) is 0.529. The summed E-state index contributed by atoms with van der Waals surface area (Å²) in [5.41, 5.74) is 3.85. The van der Waals surface area contributed by atoms with E-state index in [-0.39, 0.29) is 11.9 Å². The molecule has 0 saturated carbocycles. The van der Waals surface area contributed by atoms with E-state index < -0.39 is 0 Å². The smallest absolute Gasteiger partial charge is 0.126 e. The van der Waals surface area contributed by atoms with Crippen LogP contribution in [0, 0.1) is 12.7 Å². The van der Waals surface area contributed by atoms with Gasteiger partial charge in [0.15, 0.2) is 0 Å². The minimum atomic E-state index is -0.141. The van der Waals surface area contributed by atoms with Gasteiger partial charge in [0, 0.05) is 25.3 Å². The second-order valence-electron chi connectivity index (χ2n) is 5.65. The number of halogens is 1. The van der Waals surface area contributed by atoms with E-state index in [0.717, 1.165) is 36.3 Å². The van der Waals surface area contributed by atoms with E-state index in [0.29, 0.717) is 5.56 Å². The summed E-state index contributed by atoms with van der Waals surface area (Å²) >= 11 is 0. The van der Waals surface area contributed by atoms with Crippen LogP contribution in [-0.2, 0) is 0 Å². The van der Waals surface area contributed by atoms with Gasteiger partial charge in [0.1, 0.15) is 5.82 Å². The summed E-state index contributed by atoms with van der Waals surface area (Å²) in [6.45, 7) is 13.7. The Morgan fingerprint density at radius 1 is 1.45 bits per heavy atom. The van der Waals surface area contributed by atoms with Gasteiger partial charge in [-0.3, -0.25) is 0 Å². The van der Waals surface area contributed by atoms with Crippen molar-refractivity contribution in [3.8, 4) is 0 Å². The summed E-state index contributed by atoms with van der Waals surface area (Å²) in [6, 6.07) is 3.72. The van der Waals surface area contributed by atoms with Crippen LogP contribution in [-0.4, -0.2) is 20.1 Å². The van der Waals surface area contributed by atoms with Crippen molar-refractivity contribution in [2.24, 2.45) is 0 Å². The number of anilines is 1. The summed E-state index contributed by atoms with van der Waals surface area (Å²) in [7, 11) is 2.03. The van der Waals surface area contributed by atoms with Gasteiger partial charge in [0.2, 0.25) is 0 Å². The number of hydrogen-bond donors (Lipinski definition) is 1. The normalized spacial score (nSPS) is 12.3. The monoisotopic (exact) mass is 278 g/mol. The molecule has 1 atom stereocenters. The SMILES string of the molecule is C=C(C)CN(C)c1cc(C)c(F)cc1C(C)NCCC. The Labute approximate surface area is 122 Å². The first-order chi connectivity index (χ1) is 9.36. The topological polar surface area (TPSA) is 15.3 Å². The highest BCUT2D eigenvalue weighted by atomic mass is 19.1. The molecule has 1 rings (SSSR count). The Morgan fingerprint density at radius 2 is 2.10 bits per heavy atom. The van der Waals surface area contributed by atoms with Gasteiger partial charge in [-0.15, -0.1) is 0 Å². The maximum absolute atomic E-state index is 13.9. The number of nitrogens with zero attached hydrogens (tertiary/aromatic N) is 1. The molecule has 0 aliphatic carbocycles. The summed E-state index contributed by atoms with van der Waals surface area (Å²) in [4.78, 5) is 2.13. The molecule has 1 aromatic rings. The van der Waals surface area contributed by atoms with Gasteiger partial charge < -0.3 is 10.2 Å². The third-order valence-electron chi connectivity index (χ3n) is 3.39. The van der Waals surface area contributed by atoms with Crippen LogP contribution in [0.2, 0.25) is 0 Å². The standard InChI is InChI=1S/C17H27FN2/c1-7-8-19-14(5)15-10-16(18)13(4)9-17(15)20(6)11-12(2)3/h9-10,14,19H,2,7-8,11H2,1,3-6H3. The number of nitrogens with one attached hydrogen (secondary N) is 1. The summed E-state index contributed by atoms with van der Waals surface area (Å²) in [6.07, 6.45) is 1.07. The Hall–Kier alpha value is -1.35. The second-order valence-corrected chi connectivity index (χ2v) is 5.65. The molecule has 0 bridgehead atoms. The first-order valence-corrected chi connectivity index (χ1v) is 7.25. The van der Waals surface area contributed by atoms with E-state index in [1.807, 2.05) is 20.0 Å². The molecule has 3 heteroatoms. The summed E-state index contributed by atoms with van der Waals surface area (Å²) in [5.74, 6) is -0.141. The third kappa shape index (κ3) is 4.34. The van der Waals surface area contributed by atoms with Gasteiger partial charge in [0.05, 0.1) is 0 Å². The van der Waals surface area contributed by atoms with Crippen LogP contribution >= 0.6 is 0 Å². The van der Waals surface area contributed by atoms with Crippen molar-refractivity contribution >= 4 is 5.69 Å². The largest absolute Gasteiger partial charge is 0.370 e. The number of hydrogen-bond acceptors (Lipinski definition) is 2. The lowest BCUT2D eigenvalue weighted by molar-refractivity contribution is 0.560. The average molecular weight is 278 g/mol. The lowest BCUT2D eigenvalue weighted by atomic mass is 10.0. The molecule has 20 heavy (non-hydrogen) atoms. The molecule has 0 aliphatic rings. The predicted octanol–water partition coefficient (Wildman–Crippen LogP) is 4.21. The first kappa shape index (κ1) is 16.7. The molecule has 0 aliphatic heterocycles. The highest BCUT2D eigenvalue weighted by Crippen LogP contribution is 2.29. The summed E-state index contributed by atoms with van der Waals surface area (Å²) in [5, 5.41) is 3.43. The number of likely N-dealkylation sites (N-methyl/N-ethyl adjacent to an activating group) is 1. The van der Waals surface area contributed by atoms with E-state index in [1.54, 1.807) is 13.0 Å². The second kappa shape index (κ2) is 7.44. The average Bonchev–Trinajstić information content (AvgIpc) is 2.37. The van der Waals surface area contributed by atoms with Crippen molar-refractivity contribution in [1.82, 2.24) is 5.32 Å². The lowest BCUT2D eigenvalue weighted by Gasteiger charge is -2.26. The van der Waals surface area contributed by atoms with Gasteiger partial charge in [-0.25, -0.2) is 4.39 Å². The molecule has 0 radical (unpaired) electrons. The quantitative estimate of drug-likeness (QED) is 0.752. The Morgan fingerprint density at radius 3 is 2.65 bits per heavy atom. The zero-order chi connectivity index (χ0) is 15.3. The number of benzene rings is 1. The van der Waals surface area contributed by atoms with Crippen molar-refractivity contribution in [2.75, 3.05) is 25.0 Å². The molecule has 1 aromatic carbocycles. The molecule has 112 valence electrons. The van der Waals surface area contributed by atoms with E-state index in [9.17, 15) is 4.39 Å². The van der Waals surface area contributed by atoms with Crippen LogP contribution in [0.5, 0.6) is 0 Å². The highest BCUT2D eigenvalue weighted by Gasteiger charge is 2.16. The van der Waals surface area contributed by atoms with E-state index >= 15 is 0 Å². The Bertz CT molecular complexity index is 468. The van der Waals surface area contributed by atoms with Crippen molar-refractivity contribution in [1.29, 1.82) is 0 Å². The maximum atomic E-state index is 13.9. The van der Waals surface area contributed by atoms with Crippen LogP contribution in [0.25, 0.3) is 0 Å². The van der Waals surface area contributed by atoms with Crippen LogP contribution in [0.3, 0.4) is 0 Å². The molecule has 0 spiro atoms. The van der Waals surface area contributed by atoms with Crippen LogP contribution in [0.4, 0.5) is 10.1 Å². The zero-order valence-electron chi connectivity index (χ0n) is 13.4. The van der Waals surface area contributed by atoms with Crippen molar-refractivity contribution in [3.05, 3.63) is 41.2 Å². The van der Waals surface area contributed by atoms with E-state index in [4.69, 9.17) is 0 Å². The van der Waals surface area contributed by atoms with Gasteiger partial charge in [-0.1, -0.05) is 19.1 Å². The van der Waals surface area contributed by atoms with Crippen molar-refractivity contribution in [2.45, 2.75) is 40.2 Å². The fourth-order valence-electron chi connectivity index (χ4n) is 2.32. The fourth-order valence-corrected chi connectivity index (χ4v) is 2.32. The molecule has 0 fully saturated rings. The number of rotatable bonds is 7.